The van der Waals surface area contributed by atoms with Crippen molar-refractivity contribution in [3.8, 4) is 5.69 Å². The first-order valence-electron chi connectivity index (χ1n) is 6.15. The number of hydrogen-bond donors (Lipinski definition) is 1. The van der Waals surface area contributed by atoms with Crippen LogP contribution in [-0.4, -0.2) is 9.36 Å². The monoisotopic (exact) mass is 245 g/mol. The predicted octanol–water partition coefficient (Wildman–Crippen LogP) is 2.19. The summed E-state index contributed by atoms with van der Waals surface area (Å²) >= 11 is 0. The molecule has 1 aromatic heterocycles. The zero-order valence-corrected chi connectivity index (χ0v) is 11.1. The Bertz CT molecular complexity index is 593. The van der Waals surface area contributed by atoms with Crippen molar-refractivity contribution >= 4 is 5.69 Å². The van der Waals surface area contributed by atoms with Crippen molar-refractivity contribution in [3.63, 3.8) is 0 Å². The Morgan fingerprint density at radius 3 is 2.39 bits per heavy atom. The number of benzene rings is 1. The molecule has 0 atom stereocenters. The molecule has 4 heteroatoms. The highest BCUT2D eigenvalue weighted by molar-refractivity contribution is 5.45. The number of rotatable bonds is 3. The highest BCUT2D eigenvalue weighted by Gasteiger charge is 2.16. The summed E-state index contributed by atoms with van der Waals surface area (Å²) in [4.78, 5) is 12.1. The number of anilines is 1. The van der Waals surface area contributed by atoms with Crippen molar-refractivity contribution in [2.75, 3.05) is 5.73 Å². The van der Waals surface area contributed by atoms with Crippen LogP contribution < -0.4 is 11.3 Å². The zero-order valence-electron chi connectivity index (χ0n) is 11.1. The number of para-hydroxylation sites is 1. The van der Waals surface area contributed by atoms with E-state index in [1.807, 2.05) is 41.9 Å². The van der Waals surface area contributed by atoms with Gasteiger partial charge in [0, 0.05) is 6.54 Å². The molecular weight excluding hydrogens is 226 g/mol. The van der Waals surface area contributed by atoms with Crippen molar-refractivity contribution in [2.45, 2.75) is 27.3 Å². The lowest BCUT2D eigenvalue weighted by atomic mass is 10.2. The quantitative estimate of drug-likeness (QED) is 0.901. The predicted molar refractivity (Wildman–Crippen MR) is 74.0 cm³/mol. The van der Waals surface area contributed by atoms with Crippen LogP contribution in [0.15, 0.2) is 35.1 Å². The van der Waals surface area contributed by atoms with Gasteiger partial charge < -0.3 is 5.73 Å². The first-order valence-corrected chi connectivity index (χ1v) is 6.15. The number of hydrogen-bond acceptors (Lipinski definition) is 2. The van der Waals surface area contributed by atoms with Gasteiger partial charge in [0.1, 0.15) is 5.69 Å². The maximum atomic E-state index is 12.1. The molecule has 0 unspecified atom stereocenters. The van der Waals surface area contributed by atoms with Gasteiger partial charge in [0.2, 0.25) is 0 Å². The van der Waals surface area contributed by atoms with E-state index in [9.17, 15) is 4.79 Å². The molecule has 0 spiro atoms. The van der Waals surface area contributed by atoms with E-state index in [2.05, 4.69) is 13.8 Å². The molecule has 0 aliphatic rings. The maximum Gasteiger partial charge on any atom is 0.290 e. The van der Waals surface area contributed by atoms with Gasteiger partial charge in [-0.15, -0.1) is 0 Å². The highest BCUT2D eigenvalue weighted by atomic mass is 16.1. The van der Waals surface area contributed by atoms with Crippen LogP contribution in [-0.2, 0) is 6.54 Å². The third kappa shape index (κ3) is 2.06. The molecule has 0 aliphatic carbocycles. The Balaban J connectivity index is 2.66. The normalized spacial score (nSPS) is 11.1. The molecule has 0 saturated heterocycles. The summed E-state index contributed by atoms with van der Waals surface area (Å²) in [6, 6.07) is 9.81. The van der Waals surface area contributed by atoms with Crippen LogP contribution in [0.25, 0.3) is 5.69 Å². The fraction of sp³-hybridized carbons (Fsp3) is 0.357. The Morgan fingerprint density at radius 1 is 1.22 bits per heavy atom. The molecule has 1 aromatic carbocycles. The Labute approximate surface area is 107 Å². The first kappa shape index (κ1) is 12.5. The van der Waals surface area contributed by atoms with Gasteiger partial charge in [-0.1, -0.05) is 32.0 Å². The molecule has 0 amide bonds. The van der Waals surface area contributed by atoms with E-state index >= 15 is 0 Å². The van der Waals surface area contributed by atoms with E-state index in [0.717, 1.165) is 11.4 Å². The van der Waals surface area contributed by atoms with E-state index in [0.29, 0.717) is 18.2 Å². The lowest BCUT2D eigenvalue weighted by Gasteiger charge is -2.15. The molecule has 0 saturated carbocycles. The van der Waals surface area contributed by atoms with Gasteiger partial charge in [-0.05, 0) is 25.0 Å². The molecule has 0 radical (unpaired) electrons. The second-order valence-electron chi connectivity index (χ2n) is 4.93. The lowest BCUT2D eigenvalue weighted by Crippen LogP contribution is -2.25. The molecule has 0 aliphatic heterocycles. The molecular formula is C14H19N3O. The lowest BCUT2D eigenvalue weighted by molar-refractivity contribution is 0.438. The standard InChI is InChI=1S/C14H19N3O/c1-10(2)9-16-14(18)13(15)11(3)17(16)12-7-5-4-6-8-12/h4-8,10H,9,15H2,1-3H3. The summed E-state index contributed by atoms with van der Waals surface area (Å²) in [5.74, 6) is 0.388. The molecule has 2 rings (SSSR count). The van der Waals surface area contributed by atoms with Gasteiger partial charge in [-0.25, -0.2) is 4.68 Å². The highest BCUT2D eigenvalue weighted by Crippen LogP contribution is 2.15. The SMILES string of the molecule is Cc1c(N)c(=O)n(CC(C)C)n1-c1ccccc1. The van der Waals surface area contributed by atoms with Crippen LogP contribution in [0.4, 0.5) is 5.69 Å². The van der Waals surface area contributed by atoms with Crippen LogP contribution in [0.3, 0.4) is 0 Å². The van der Waals surface area contributed by atoms with E-state index in [1.54, 1.807) is 4.68 Å². The van der Waals surface area contributed by atoms with E-state index in [1.165, 1.54) is 0 Å². The molecule has 2 N–H and O–H groups in total. The van der Waals surface area contributed by atoms with Gasteiger partial charge in [0.25, 0.3) is 5.56 Å². The minimum absolute atomic E-state index is 0.106. The summed E-state index contributed by atoms with van der Waals surface area (Å²) in [6.45, 7) is 6.70. The molecule has 96 valence electrons. The van der Waals surface area contributed by atoms with Crippen molar-refractivity contribution in [3.05, 3.63) is 46.4 Å². The molecule has 4 nitrogen and oxygen atoms in total. The van der Waals surface area contributed by atoms with Gasteiger partial charge in [-0.3, -0.25) is 9.48 Å². The van der Waals surface area contributed by atoms with Crippen LogP contribution >= 0.6 is 0 Å². The number of aromatic nitrogens is 2. The van der Waals surface area contributed by atoms with Crippen molar-refractivity contribution < 1.29 is 0 Å². The second-order valence-corrected chi connectivity index (χ2v) is 4.93. The average Bonchev–Trinajstić information content (AvgIpc) is 2.55. The minimum Gasteiger partial charge on any atom is -0.393 e. The van der Waals surface area contributed by atoms with Crippen LogP contribution in [0.1, 0.15) is 19.5 Å². The van der Waals surface area contributed by atoms with Crippen molar-refractivity contribution in [2.24, 2.45) is 5.92 Å². The fourth-order valence-electron chi connectivity index (χ4n) is 2.09. The summed E-state index contributed by atoms with van der Waals surface area (Å²) in [7, 11) is 0. The van der Waals surface area contributed by atoms with Crippen molar-refractivity contribution in [1.29, 1.82) is 0 Å². The van der Waals surface area contributed by atoms with Gasteiger partial charge in [0.15, 0.2) is 0 Å². The van der Waals surface area contributed by atoms with Gasteiger partial charge in [0.05, 0.1) is 11.4 Å². The van der Waals surface area contributed by atoms with Crippen LogP contribution in [0, 0.1) is 12.8 Å². The van der Waals surface area contributed by atoms with Gasteiger partial charge in [-0.2, -0.15) is 0 Å². The Hall–Kier alpha value is -1.97. The van der Waals surface area contributed by atoms with Crippen molar-refractivity contribution in [1.82, 2.24) is 9.36 Å². The molecule has 0 fully saturated rings. The zero-order chi connectivity index (χ0) is 13.3. The van der Waals surface area contributed by atoms with Crippen LogP contribution in [0.5, 0.6) is 0 Å². The molecule has 2 aromatic rings. The second kappa shape index (κ2) is 4.72. The number of nitrogen functional groups attached to an aromatic ring is 1. The molecule has 0 bridgehead atoms. The maximum absolute atomic E-state index is 12.1. The number of nitrogens with zero attached hydrogens (tertiary/aromatic N) is 2. The summed E-state index contributed by atoms with van der Waals surface area (Å²) in [6.07, 6.45) is 0. The first-order chi connectivity index (χ1) is 8.52. The number of nitrogens with two attached hydrogens (primary N) is 1. The average molecular weight is 245 g/mol. The Kier molecular flexibility index (Phi) is 3.28. The van der Waals surface area contributed by atoms with Crippen LogP contribution in [0.2, 0.25) is 0 Å². The summed E-state index contributed by atoms with van der Waals surface area (Å²) in [5, 5.41) is 0. The van der Waals surface area contributed by atoms with E-state index in [-0.39, 0.29) is 5.56 Å². The largest absolute Gasteiger partial charge is 0.393 e. The molecule has 18 heavy (non-hydrogen) atoms. The Morgan fingerprint density at radius 2 is 1.83 bits per heavy atom. The van der Waals surface area contributed by atoms with Gasteiger partial charge >= 0.3 is 0 Å². The minimum atomic E-state index is -0.106. The van der Waals surface area contributed by atoms with E-state index < -0.39 is 0 Å². The smallest absolute Gasteiger partial charge is 0.290 e. The molecule has 1 heterocycles. The summed E-state index contributed by atoms with van der Waals surface area (Å²) in [5.41, 5.74) is 7.85. The summed E-state index contributed by atoms with van der Waals surface area (Å²) < 4.78 is 3.61. The topological polar surface area (TPSA) is 53.0 Å². The van der Waals surface area contributed by atoms with E-state index in [4.69, 9.17) is 5.73 Å². The fourth-order valence-corrected chi connectivity index (χ4v) is 2.09. The third-order valence-electron chi connectivity index (χ3n) is 2.95. The third-order valence-corrected chi connectivity index (χ3v) is 2.95.